The molecule has 140 valence electrons. The van der Waals surface area contributed by atoms with Crippen molar-refractivity contribution < 1.29 is 22.0 Å². The van der Waals surface area contributed by atoms with Crippen molar-refractivity contribution in [3.63, 3.8) is 0 Å². The first-order valence-corrected chi connectivity index (χ1v) is 9.72. The summed E-state index contributed by atoms with van der Waals surface area (Å²) in [5.41, 5.74) is 0.0151. The molecule has 1 aromatic carbocycles. The van der Waals surface area contributed by atoms with E-state index in [1.807, 2.05) is 0 Å². The van der Waals surface area contributed by atoms with Crippen molar-refractivity contribution >= 4 is 32.5 Å². The van der Waals surface area contributed by atoms with Crippen LogP contribution in [-0.2, 0) is 10.0 Å². The van der Waals surface area contributed by atoms with E-state index in [1.54, 1.807) is 25.3 Å². The van der Waals surface area contributed by atoms with Crippen LogP contribution in [0.1, 0.15) is 29.4 Å². The van der Waals surface area contributed by atoms with Crippen molar-refractivity contribution in [3.05, 3.63) is 65.5 Å². The van der Waals surface area contributed by atoms with Gasteiger partial charge in [0.15, 0.2) is 11.6 Å². The van der Waals surface area contributed by atoms with Crippen molar-refractivity contribution in [2.24, 2.45) is 0 Å². The summed E-state index contributed by atoms with van der Waals surface area (Å²) >= 11 is 0. The van der Waals surface area contributed by atoms with Gasteiger partial charge >= 0.3 is 0 Å². The summed E-state index contributed by atoms with van der Waals surface area (Å²) in [4.78, 5) is 20.8. The van der Waals surface area contributed by atoms with E-state index in [4.69, 9.17) is 0 Å². The van der Waals surface area contributed by atoms with Crippen molar-refractivity contribution in [3.8, 4) is 0 Å². The number of carbonyl (C=O) groups is 1. The Morgan fingerprint density at radius 3 is 2.67 bits per heavy atom. The molecule has 0 aliphatic rings. The van der Waals surface area contributed by atoms with Gasteiger partial charge in [-0.05, 0) is 36.8 Å². The van der Waals surface area contributed by atoms with Gasteiger partial charge in [-0.15, -0.1) is 0 Å². The minimum atomic E-state index is -3.72. The summed E-state index contributed by atoms with van der Waals surface area (Å²) in [5.74, 6) is -3.76. The number of anilines is 1. The highest BCUT2D eigenvalue weighted by atomic mass is 32.2. The smallest absolute Gasteiger partial charge is 0.232 e. The zero-order valence-corrected chi connectivity index (χ0v) is 15.1. The summed E-state index contributed by atoms with van der Waals surface area (Å²) in [5, 5.41) is 0. The quantitative estimate of drug-likeness (QED) is 0.652. The third kappa shape index (κ3) is 4.08. The fourth-order valence-electron chi connectivity index (χ4n) is 2.53. The summed E-state index contributed by atoms with van der Waals surface area (Å²) in [6.45, 7) is 1.67. The zero-order valence-electron chi connectivity index (χ0n) is 14.2. The van der Waals surface area contributed by atoms with E-state index >= 15 is 0 Å². The van der Waals surface area contributed by atoms with Crippen LogP contribution in [0.4, 0.5) is 14.5 Å². The Kier molecular flexibility index (Phi) is 5.13. The molecule has 6 nitrogen and oxygen atoms in total. The molecule has 2 aromatic heterocycles. The van der Waals surface area contributed by atoms with Gasteiger partial charge in [-0.25, -0.2) is 22.2 Å². The number of benzene rings is 1. The third-order valence-corrected chi connectivity index (χ3v) is 5.20. The molecule has 0 aliphatic heterocycles. The molecular weight excluding hydrogens is 376 g/mol. The highest BCUT2D eigenvalue weighted by Crippen LogP contribution is 2.23. The lowest BCUT2D eigenvalue weighted by atomic mass is 10.1. The average Bonchev–Trinajstić information content (AvgIpc) is 2.63. The fourth-order valence-corrected chi connectivity index (χ4v) is 3.65. The van der Waals surface area contributed by atoms with Crippen LogP contribution < -0.4 is 4.72 Å². The first-order valence-electron chi connectivity index (χ1n) is 8.07. The number of nitrogens with zero attached hydrogens (tertiary/aromatic N) is 2. The maximum atomic E-state index is 14.2. The first-order chi connectivity index (χ1) is 12.8. The number of carbonyl (C=O) groups excluding carboxylic acids is 1. The Morgan fingerprint density at radius 1 is 1.15 bits per heavy atom. The second kappa shape index (κ2) is 7.36. The molecule has 0 unspecified atom stereocenters. The van der Waals surface area contributed by atoms with E-state index in [-0.39, 0.29) is 17.1 Å². The molecule has 0 spiro atoms. The number of fused-ring (bicyclic) bond motifs is 1. The van der Waals surface area contributed by atoms with Crippen LogP contribution in [0.5, 0.6) is 0 Å². The minimum Gasteiger partial charge on any atom is -0.287 e. The minimum absolute atomic E-state index is 0.109. The van der Waals surface area contributed by atoms with E-state index in [2.05, 4.69) is 14.7 Å². The molecule has 3 aromatic rings. The van der Waals surface area contributed by atoms with Crippen molar-refractivity contribution in [2.75, 3.05) is 10.5 Å². The van der Waals surface area contributed by atoms with Crippen LogP contribution in [-0.4, -0.2) is 29.9 Å². The van der Waals surface area contributed by atoms with Crippen LogP contribution in [0, 0.1) is 11.6 Å². The molecule has 9 heteroatoms. The number of sulfonamides is 1. The van der Waals surface area contributed by atoms with Gasteiger partial charge in [-0.2, -0.15) is 0 Å². The average molecular weight is 391 g/mol. The van der Waals surface area contributed by atoms with Gasteiger partial charge in [0.25, 0.3) is 0 Å². The van der Waals surface area contributed by atoms with Gasteiger partial charge < -0.3 is 0 Å². The molecule has 0 fully saturated rings. The second-order valence-electron chi connectivity index (χ2n) is 5.81. The van der Waals surface area contributed by atoms with Crippen LogP contribution in [0.15, 0.2) is 42.6 Å². The number of pyridine rings is 2. The molecule has 0 bridgehead atoms. The van der Waals surface area contributed by atoms with Crippen LogP contribution in [0.2, 0.25) is 0 Å². The maximum absolute atomic E-state index is 14.2. The summed E-state index contributed by atoms with van der Waals surface area (Å²) in [6.07, 6.45) is 1.91. The topological polar surface area (TPSA) is 89.0 Å². The predicted molar refractivity (Wildman–Crippen MR) is 97.0 cm³/mol. The molecule has 1 N–H and O–H groups in total. The van der Waals surface area contributed by atoms with Gasteiger partial charge in [-0.3, -0.25) is 14.5 Å². The van der Waals surface area contributed by atoms with Gasteiger partial charge in [0.2, 0.25) is 15.8 Å². The van der Waals surface area contributed by atoms with Gasteiger partial charge in [0.1, 0.15) is 5.69 Å². The number of ketones is 1. The number of rotatable bonds is 6. The zero-order chi connectivity index (χ0) is 19.6. The molecule has 3 rings (SSSR count). The van der Waals surface area contributed by atoms with Gasteiger partial charge in [0.05, 0.1) is 28.0 Å². The Labute approximate surface area is 154 Å². The number of hydrogen-bond donors (Lipinski definition) is 1. The molecule has 2 heterocycles. The summed E-state index contributed by atoms with van der Waals surface area (Å²) < 4.78 is 54.0. The van der Waals surface area contributed by atoms with Crippen molar-refractivity contribution in [1.82, 2.24) is 9.97 Å². The highest BCUT2D eigenvalue weighted by molar-refractivity contribution is 7.92. The van der Waals surface area contributed by atoms with Gasteiger partial charge in [-0.1, -0.05) is 6.92 Å². The highest BCUT2D eigenvalue weighted by Gasteiger charge is 2.21. The van der Waals surface area contributed by atoms with E-state index < -0.39 is 33.0 Å². The van der Waals surface area contributed by atoms with Crippen molar-refractivity contribution in [2.45, 2.75) is 13.3 Å². The molecule has 0 amide bonds. The molecule has 27 heavy (non-hydrogen) atoms. The molecule has 0 atom stereocenters. The third-order valence-electron chi connectivity index (χ3n) is 3.71. The van der Waals surface area contributed by atoms with Crippen LogP contribution in [0.3, 0.4) is 0 Å². The van der Waals surface area contributed by atoms with Gasteiger partial charge in [0, 0.05) is 12.3 Å². The Hall–Kier alpha value is -2.94. The normalized spacial score (nSPS) is 11.5. The number of nitrogens with one attached hydrogen (secondary N) is 1. The summed E-state index contributed by atoms with van der Waals surface area (Å²) in [7, 11) is -3.72. The Morgan fingerprint density at radius 2 is 1.93 bits per heavy atom. The first kappa shape index (κ1) is 18.8. The number of hydrogen-bond acceptors (Lipinski definition) is 5. The monoisotopic (exact) mass is 391 g/mol. The molecular formula is C18H15F2N3O3S. The molecule has 0 radical (unpaired) electrons. The van der Waals surface area contributed by atoms with Crippen LogP contribution >= 0.6 is 0 Å². The van der Waals surface area contributed by atoms with E-state index in [1.165, 1.54) is 12.1 Å². The van der Waals surface area contributed by atoms with E-state index in [0.29, 0.717) is 23.5 Å². The summed E-state index contributed by atoms with van der Waals surface area (Å²) in [6, 6.07) is 7.80. The molecule has 0 aliphatic carbocycles. The lowest BCUT2D eigenvalue weighted by molar-refractivity contribution is 0.103. The maximum Gasteiger partial charge on any atom is 0.232 e. The van der Waals surface area contributed by atoms with E-state index in [9.17, 15) is 22.0 Å². The van der Waals surface area contributed by atoms with Crippen molar-refractivity contribution in [1.29, 1.82) is 0 Å². The van der Waals surface area contributed by atoms with Crippen LogP contribution in [0.25, 0.3) is 11.0 Å². The predicted octanol–water partition coefficient (Wildman–Crippen LogP) is 3.29. The Bertz CT molecular complexity index is 1130. The molecule has 0 saturated carbocycles. The fraction of sp³-hybridized carbons (Fsp3) is 0.167. The lowest BCUT2D eigenvalue weighted by Gasteiger charge is -2.10. The lowest BCUT2D eigenvalue weighted by Crippen LogP contribution is -2.17. The Balaban J connectivity index is 2.02. The number of halogens is 2. The SMILES string of the molecule is CCCS(=O)(=O)Nc1cc(F)c(F)c(C(=O)c2ccc3ncccc3n2)c1. The van der Waals surface area contributed by atoms with E-state index in [0.717, 1.165) is 6.07 Å². The largest absolute Gasteiger partial charge is 0.287 e. The number of aromatic nitrogens is 2. The molecule has 0 saturated heterocycles. The second-order valence-corrected chi connectivity index (χ2v) is 7.65. The standard InChI is InChI=1S/C18H15F2N3O3S/c1-2-8-27(25,26)23-11-9-12(17(20)13(19)10-11)18(24)16-6-5-14-15(22-16)4-3-7-21-14/h3-7,9-10,23H,2,8H2,1H3.